The Morgan fingerprint density at radius 1 is 1.56 bits per heavy atom. The zero-order valence-corrected chi connectivity index (χ0v) is 10.7. The monoisotopic (exact) mass is 249 g/mol. The zero-order chi connectivity index (χ0) is 13.1. The lowest BCUT2D eigenvalue weighted by Gasteiger charge is -2.16. The van der Waals surface area contributed by atoms with Crippen LogP contribution in [0.2, 0.25) is 0 Å². The van der Waals surface area contributed by atoms with Crippen molar-refractivity contribution in [3.63, 3.8) is 0 Å². The summed E-state index contributed by atoms with van der Waals surface area (Å²) >= 11 is 0. The molecule has 1 aromatic carbocycles. The van der Waals surface area contributed by atoms with E-state index in [0.717, 1.165) is 19.0 Å². The molecule has 0 amide bonds. The molecular formula is C14H20FN3. The number of rotatable bonds is 4. The van der Waals surface area contributed by atoms with Gasteiger partial charge in [0, 0.05) is 24.2 Å². The van der Waals surface area contributed by atoms with E-state index < -0.39 is 0 Å². The van der Waals surface area contributed by atoms with Crippen LogP contribution in [0.1, 0.15) is 30.9 Å². The van der Waals surface area contributed by atoms with Gasteiger partial charge in [-0.2, -0.15) is 0 Å². The number of hydrogen-bond acceptors (Lipinski definition) is 2. The molecule has 18 heavy (non-hydrogen) atoms. The number of nitrogens with zero attached hydrogens (tertiary/aromatic N) is 1. The number of benzene rings is 1. The molecule has 0 radical (unpaired) electrons. The first-order valence-corrected chi connectivity index (χ1v) is 6.45. The molecule has 2 rings (SSSR count). The van der Waals surface area contributed by atoms with Crippen molar-refractivity contribution >= 4 is 5.84 Å². The number of amidine groups is 1. The molecule has 1 heterocycles. The largest absolute Gasteiger partial charge is 0.384 e. The van der Waals surface area contributed by atoms with Gasteiger partial charge >= 0.3 is 0 Å². The predicted molar refractivity (Wildman–Crippen MR) is 71.1 cm³/mol. The number of nitrogens with one attached hydrogen (secondary N) is 1. The van der Waals surface area contributed by atoms with Gasteiger partial charge in [-0.05, 0) is 24.9 Å². The van der Waals surface area contributed by atoms with E-state index in [2.05, 4.69) is 11.8 Å². The van der Waals surface area contributed by atoms with E-state index in [1.807, 2.05) is 0 Å². The highest BCUT2D eigenvalue weighted by molar-refractivity contribution is 5.94. The van der Waals surface area contributed by atoms with Crippen LogP contribution in [0.3, 0.4) is 0 Å². The summed E-state index contributed by atoms with van der Waals surface area (Å²) in [7, 11) is 0. The summed E-state index contributed by atoms with van der Waals surface area (Å²) in [4.78, 5) is 2.29. The summed E-state index contributed by atoms with van der Waals surface area (Å²) in [6.07, 6.45) is 2.41. The standard InChI is InChI=1S/C14H20FN3/c1-2-10-5-6-18(8-10)9-12-4-3-11(14(16)17)7-13(12)15/h3-4,7,10H,2,5-6,8-9H2,1H3,(H3,16,17). The second kappa shape index (κ2) is 5.48. The van der Waals surface area contributed by atoms with E-state index in [0.29, 0.717) is 17.7 Å². The average Bonchev–Trinajstić information content (AvgIpc) is 2.79. The molecule has 0 aromatic heterocycles. The van der Waals surface area contributed by atoms with Crippen molar-refractivity contribution in [3.8, 4) is 0 Å². The van der Waals surface area contributed by atoms with Crippen LogP contribution in [0.5, 0.6) is 0 Å². The summed E-state index contributed by atoms with van der Waals surface area (Å²) in [6, 6.07) is 4.81. The fraction of sp³-hybridized carbons (Fsp3) is 0.500. The first-order valence-electron chi connectivity index (χ1n) is 6.45. The normalized spacial score (nSPS) is 20.2. The Balaban J connectivity index is 2.04. The van der Waals surface area contributed by atoms with E-state index in [1.165, 1.54) is 18.9 Å². The van der Waals surface area contributed by atoms with Crippen molar-refractivity contribution in [2.45, 2.75) is 26.3 Å². The molecule has 1 fully saturated rings. The maximum absolute atomic E-state index is 13.9. The van der Waals surface area contributed by atoms with Gasteiger partial charge in [0.25, 0.3) is 0 Å². The van der Waals surface area contributed by atoms with Gasteiger partial charge in [0.2, 0.25) is 0 Å². The summed E-state index contributed by atoms with van der Waals surface area (Å²) in [5.74, 6) is 0.403. The Labute approximate surface area is 107 Å². The lowest BCUT2D eigenvalue weighted by Crippen LogP contribution is -2.21. The molecule has 0 saturated carbocycles. The van der Waals surface area contributed by atoms with Crippen LogP contribution in [-0.2, 0) is 6.54 Å². The van der Waals surface area contributed by atoms with Crippen LogP contribution in [0.15, 0.2) is 18.2 Å². The van der Waals surface area contributed by atoms with Gasteiger partial charge in [0.1, 0.15) is 11.7 Å². The van der Waals surface area contributed by atoms with Crippen LogP contribution >= 0.6 is 0 Å². The molecule has 1 aromatic rings. The number of nitrogens with two attached hydrogens (primary N) is 1. The fourth-order valence-corrected chi connectivity index (χ4v) is 2.47. The predicted octanol–water partition coefficient (Wildman–Crippen LogP) is 2.34. The van der Waals surface area contributed by atoms with Gasteiger partial charge in [-0.25, -0.2) is 4.39 Å². The van der Waals surface area contributed by atoms with Gasteiger partial charge in [0.15, 0.2) is 0 Å². The van der Waals surface area contributed by atoms with Crippen molar-refractivity contribution in [3.05, 3.63) is 35.1 Å². The maximum atomic E-state index is 13.9. The third kappa shape index (κ3) is 2.88. The zero-order valence-electron chi connectivity index (χ0n) is 10.7. The van der Waals surface area contributed by atoms with E-state index in [-0.39, 0.29) is 11.7 Å². The molecular weight excluding hydrogens is 229 g/mol. The smallest absolute Gasteiger partial charge is 0.128 e. The quantitative estimate of drug-likeness (QED) is 0.635. The second-order valence-electron chi connectivity index (χ2n) is 5.02. The minimum Gasteiger partial charge on any atom is -0.384 e. The Hall–Kier alpha value is -1.42. The highest BCUT2D eigenvalue weighted by atomic mass is 19.1. The molecule has 1 atom stereocenters. The van der Waals surface area contributed by atoms with E-state index >= 15 is 0 Å². The minimum atomic E-state index is -0.261. The molecule has 3 N–H and O–H groups in total. The molecule has 1 aliphatic rings. The Morgan fingerprint density at radius 3 is 2.89 bits per heavy atom. The van der Waals surface area contributed by atoms with Crippen molar-refractivity contribution in [1.82, 2.24) is 4.90 Å². The van der Waals surface area contributed by atoms with E-state index in [4.69, 9.17) is 11.1 Å². The first-order chi connectivity index (χ1) is 8.60. The third-order valence-corrected chi connectivity index (χ3v) is 3.71. The van der Waals surface area contributed by atoms with Gasteiger partial charge in [-0.3, -0.25) is 10.3 Å². The summed E-state index contributed by atoms with van der Waals surface area (Å²) < 4.78 is 13.9. The van der Waals surface area contributed by atoms with Crippen LogP contribution in [0.25, 0.3) is 0 Å². The molecule has 1 unspecified atom stereocenters. The Bertz CT molecular complexity index is 445. The van der Waals surface area contributed by atoms with Crippen molar-refractivity contribution < 1.29 is 4.39 Å². The van der Waals surface area contributed by atoms with E-state index in [1.54, 1.807) is 12.1 Å². The number of nitrogen functional groups attached to an aromatic ring is 1. The maximum Gasteiger partial charge on any atom is 0.128 e. The molecule has 0 bridgehead atoms. The fourth-order valence-electron chi connectivity index (χ4n) is 2.47. The van der Waals surface area contributed by atoms with Crippen molar-refractivity contribution in [2.75, 3.05) is 13.1 Å². The molecule has 1 saturated heterocycles. The van der Waals surface area contributed by atoms with Gasteiger partial charge < -0.3 is 5.73 Å². The highest BCUT2D eigenvalue weighted by Crippen LogP contribution is 2.22. The topological polar surface area (TPSA) is 53.1 Å². The Kier molecular flexibility index (Phi) is 3.97. The van der Waals surface area contributed by atoms with Crippen molar-refractivity contribution in [2.24, 2.45) is 11.7 Å². The second-order valence-corrected chi connectivity index (χ2v) is 5.02. The lowest BCUT2D eigenvalue weighted by atomic mass is 10.1. The van der Waals surface area contributed by atoms with Gasteiger partial charge in [-0.15, -0.1) is 0 Å². The van der Waals surface area contributed by atoms with Crippen molar-refractivity contribution in [1.29, 1.82) is 5.41 Å². The summed E-state index contributed by atoms with van der Waals surface area (Å²) in [6.45, 7) is 4.97. The highest BCUT2D eigenvalue weighted by Gasteiger charge is 2.21. The molecule has 4 heteroatoms. The Morgan fingerprint density at radius 2 is 2.33 bits per heavy atom. The number of likely N-dealkylation sites (tertiary alicyclic amines) is 1. The molecule has 0 aliphatic carbocycles. The molecule has 1 aliphatic heterocycles. The summed E-state index contributed by atoms with van der Waals surface area (Å²) in [5.41, 5.74) is 6.48. The average molecular weight is 249 g/mol. The molecule has 98 valence electrons. The lowest BCUT2D eigenvalue weighted by molar-refractivity contribution is 0.310. The number of halogens is 1. The van der Waals surface area contributed by atoms with Gasteiger partial charge in [-0.1, -0.05) is 25.5 Å². The van der Waals surface area contributed by atoms with Crippen LogP contribution in [-0.4, -0.2) is 23.8 Å². The number of hydrogen-bond donors (Lipinski definition) is 2. The van der Waals surface area contributed by atoms with Crippen LogP contribution in [0.4, 0.5) is 4.39 Å². The van der Waals surface area contributed by atoms with Crippen LogP contribution in [0, 0.1) is 17.1 Å². The third-order valence-electron chi connectivity index (χ3n) is 3.71. The SMILES string of the molecule is CCC1CCN(Cc2ccc(C(=N)N)cc2F)C1. The molecule has 3 nitrogen and oxygen atoms in total. The van der Waals surface area contributed by atoms with Gasteiger partial charge in [0.05, 0.1) is 0 Å². The van der Waals surface area contributed by atoms with E-state index in [9.17, 15) is 4.39 Å². The molecule has 0 spiro atoms. The minimum absolute atomic E-state index is 0.0901. The first kappa shape index (κ1) is 13.0. The summed E-state index contributed by atoms with van der Waals surface area (Å²) in [5, 5.41) is 7.28. The van der Waals surface area contributed by atoms with Crippen LogP contribution < -0.4 is 5.73 Å².